The van der Waals surface area contributed by atoms with Crippen LogP contribution in [0.2, 0.25) is 0 Å². The highest BCUT2D eigenvalue weighted by molar-refractivity contribution is 5.93. The molecule has 1 aliphatic heterocycles. The van der Waals surface area contributed by atoms with E-state index < -0.39 is 0 Å². The molecule has 4 rings (SSSR count). The van der Waals surface area contributed by atoms with Crippen molar-refractivity contribution >= 4 is 5.91 Å². The van der Waals surface area contributed by atoms with E-state index in [1.54, 1.807) is 18.6 Å². The van der Waals surface area contributed by atoms with Crippen molar-refractivity contribution in [3.8, 4) is 0 Å². The maximum Gasteiger partial charge on any atom is 0.287 e. The SMILES string of the molecule is Cc1ccoc1C(=O)N[C@@H]1CN(Cc2cncn2C)C[C@@H]1n1ccnn1. The third kappa shape index (κ3) is 3.13. The second kappa shape index (κ2) is 6.75. The van der Waals surface area contributed by atoms with Crippen LogP contribution >= 0.6 is 0 Å². The van der Waals surface area contributed by atoms with E-state index in [0.29, 0.717) is 12.3 Å². The second-order valence-corrected chi connectivity index (χ2v) is 6.65. The van der Waals surface area contributed by atoms with Gasteiger partial charge >= 0.3 is 0 Å². The molecule has 3 aromatic heterocycles. The number of furan rings is 1. The molecular weight excluding hydrogens is 334 g/mol. The van der Waals surface area contributed by atoms with Crippen LogP contribution in [0.1, 0.15) is 27.9 Å². The number of nitrogens with zero attached hydrogens (tertiary/aromatic N) is 6. The van der Waals surface area contributed by atoms with Crippen LogP contribution in [-0.2, 0) is 13.6 Å². The summed E-state index contributed by atoms with van der Waals surface area (Å²) in [6.45, 7) is 4.09. The summed E-state index contributed by atoms with van der Waals surface area (Å²) >= 11 is 0. The van der Waals surface area contributed by atoms with Crippen molar-refractivity contribution in [3.63, 3.8) is 0 Å². The fourth-order valence-electron chi connectivity index (χ4n) is 3.40. The lowest BCUT2D eigenvalue weighted by Gasteiger charge is -2.19. The van der Waals surface area contributed by atoms with Gasteiger partial charge in [0.1, 0.15) is 0 Å². The topological polar surface area (TPSA) is 94.0 Å². The Hall–Kier alpha value is -2.94. The molecule has 3 aromatic rings. The molecule has 9 nitrogen and oxygen atoms in total. The Morgan fingerprint density at radius 3 is 2.96 bits per heavy atom. The molecule has 0 unspecified atom stereocenters. The number of hydrogen-bond donors (Lipinski definition) is 1. The van der Waals surface area contributed by atoms with E-state index >= 15 is 0 Å². The van der Waals surface area contributed by atoms with Crippen LogP contribution in [0.3, 0.4) is 0 Å². The zero-order valence-electron chi connectivity index (χ0n) is 14.7. The molecular formula is C17H21N7O2. The van der Waals surface area contributed by atoms with Gasteiger partial charge in [-0.25, -0.2) is 9.67 Å². The zero-order valence-corrected chi connectivity index (χ0v) is 14.7. The number of carbonyl (C=O) groups is 1. The van der Waals surface area contributed by atoms with Gasteiger partial charge in [0, 0.05) is 44.6 Å². The Balaban J connectivity index is 1.52. The van der Waals surface area contributed by atoms with Gasteiger partial charge in [-0.1, -0.05) is 5.21 Å². The van der Waals surface area contributed by atoms with E-state index in [9.17, 15) is 4.79 Å². The van der Waals surface area contributed by atoms with E-state index in [2.05, 4.69) is 25.5 Å². The monoisotopic (exact) mass is 355 g/mol. The van der Waals surface area contributed by atoms with E-state index in [4.69, 9.17) is 4.42 Å². The summed E-state index contributed by atoms with van der Waals surface area (Å²) in [5.41, 5.74) is 1.95. The van der Waals surface area contributed by atoms with Crippen LogP contribution in [0.15, 0.2) is 41.7 Å². The Labute approximate surface area is 150 Å². The summed E-state index contributed by atoms with van der Waals surface area (Å²) < 4.78 is 9.13. The molecule has 1 saturated heterocycles. The first kappa shape index (κ1) is 16.5. The maximum atomic E-state index is 12.6. The summed E-state index contributed by atoms with van der Waals surface area (Å²) in [5.74, 6) is 0.150. The van der Waals surface area contributed by atoms with Gasteiger partial charge in [0.15, 0.2) is 5.76 Å². The lowest BCUT2D eigenvalue weighted by atomic mass is 10.1. The number of aryl methyl sites for hydroxylation is 2. The van der Waals surface area contributed by atoms with Crippen LogP contribution in [0.5, 0.6) is 0 Å². The third-order valence-electron chi connectivity index (χ3n) is 4.83. The summed E-state index contributed by atoms with van der Waals surface area (Å²) in [6, 6.07) is 1.69. The molecule has 136 valence electrons. The Kier molecular flexibility index (Phi) is 4.29. The van der Waals surface area contributed by atoms with Crippen LogP contribution in [0.4, 0.5) is 0 Å². The van der Waals surface area contributed by atoms with Gasteiger partial charge in [0.05, 0.1) is 36.6 Å². The van der Waals surface area contributed by atoms with Crippen LogP contribution in [0, 0.1) is 6.92 Å². The average molecular weight is 355 g/mol. The molecule has 4 heterocycles. The van der Waals surface area contributed by atoms with E-state index in [-0.39, 0.29) is 18.0 Å². The van der Waals surface area contributed by atoms with Gasteiger partial charge in [0.25, 0.3) is 5.91 Å². The Morgan fingerprint density at radius 1 is 1.42 bits per heavy atom. The molecule has 26 heavy (non-hydrogen) atoms. The molecule has 1 amide bonds. The minimum atomic E-state index is -0.204. The van der Waals surface area contributed by atoms with Gasteiger partial charge in [-0.15, -0.1) is 5.10 Å². The molecule has 2 atom stereocenters. The molecule has 0 aliphatic carbocycles. The first-order valence-electron chi connectivity index (χ1n) is 8.50. The highest BCUT2D eigenvalue weighted by Gasteiger charge is 2.36. The van der Waals surface area contributed by atoms with Crippen LogP contribution in [-0.4, -0.2) is 54.5 Å². The van der Waals surface area contributed by atoms with Crippen LogP contribution < -0.4 is 5.32 Å². The maximum absolute atomic E-state index is 12.6. The minimum Gasteiger partial charge on any atom is -0.459 e. The number of imidazole rings is 1. The fraction of sp³-hybridized carbons (Fsp3) is 0.412. The lowest BCUT2D eigenvalue weighted by molar-refractivity contribution is 0.0900. The number of rotatable bonds is 5. The molecule has 0 aromatic carbocycles. The van der Waals surface area contributed by atoms with Gasteiger partial charge in [0.2, 0.25) is 0 Å². The van der Waals surface area contributed by atoms with Crippen molar-refractivity contribution in [3.05, 3.63) is 54.3 Å². The Bertz CT molecular complexity index is 883. The van der Waals surface area contributed by atoms with Crippen molar-refractivity contribution in [2.24, 2.45) is 7.05 Å². The number of carbonyl (C=O) groups excluding carboxylic acids is 1. The number of nitrogens with one attached hydrogen (secondary N) is 1. The van der Waals surface area contributed by atoms with Crippen molar-refractivity contribution in [2.45, 2.75) is 25.6 Å². The molecule has 1 aliphatic rings. The van der Waals surface area contributed by atoms with Gasteiger partial charge in [-0.3, -0.25) is 9.69 Å². The molecule has 9 heteroatoms. The van der Waals surface area contributed by atoms with E-state index in [0.717, 1.165) is 24.3 Å². The van der Waals surface area contributed by atoms with Crippen molar-refractivity contribution < 1.29 is 9.21 Å². The number of amides is 1. The summed E-state index contributed by atoms with van der Waals surface area (Å²) in [5, 5.41) is 11.1. The zero-order chi connectivity index (χ0) is 18.1. The average Bonchev–Trinajstić information content (AvgIpc) is 3.37. The largest absolute Gasteiger partial charge is 0.459 e. The lowest BCUT2D eigenvalue weighted by Crippen LogP contribution is -2.41. The first-order chi connectivity index (χ1) is 12.6. The molecule has 0 bridgehead atoms. The normalized spacial score (nSPS) is 20.5. The van der Waals surface area contributed by atoms with Crippen molar-refractivity contribution in [1.29, 1.82) is 0 Å². The number of likely N-dealkylation sites (tertiary alicyclic amines) is 1. The summed E-state index contributed by atoms with van der Waals surface area (Å²) in [7, 11) is 1.98. The number of hydrogen-bond acceptors (Lipinski definition) is 6. The highest BCUT2D eigenvalue weighted by Crippen LogP contribution is 2.23. The van der Waals surface area contributed by atoms with Crippen molar-refractivity contribution in [2.75, 3.05) is 13.1 Å². The predicted molar refractivity (Wildman–Crippen MR) is 92.2 cm³/mol. The predicted octanol–water partition coefficient (Wildman–Crippen LogP) is 0.769. The molecule has 1 N–H and O–H groups in total. The van der Waals surface area contributed by atoms with E-state index in [1.807, 2.05) is 35.6 Å². The van der Waals surface area contributed by atoms with Crippen LogP contribution in [0.25, 0.3) is 0 Å². The first-order valence-corrected chi connectivity index (χ1v) is 8.50. The van der Waals surface area contributed by atoms with Gasteiger partial charge in [-0.2, -0.15) is 0 Å². The molecule has 1 fully saturated rings. The molecule has 0 saturated carbocycles. The fourth-order valence-corrected chi connectivity index (χ4v) is 3.40. The minimum absolute atomic E-state index is 0.00458. The smallest absolute Gasteiger partial charge is 0.287 e. The van der Waals surface area contributed by atoms with Gasteiger partial charge in [-0.05, 0) is 13.0 Å². The molecule has 0 radical (unpaired) electrons. The summed E-state index contributed by atoms with van der Waals surface area (Å²) in [4.78, 5) is 19.0. The second-order valence-electron chi connectivity index (χ2n) is 6.65. The quantitative estimate of drug-likeness (QED) is 0.726. The van der Waals surface area contributed by atoms with Crippen molar-refractivity contribution in [1.82, 2.24) is 34.8 Å². The van der Waals surface area contributed by atoms with Gasteiger partial charge < -0.3 is 14.3 Å². The number of aromatic nitrogens is 5. The van der Waals surface area contributed by atoms with E-state index in [1.165, 1.54) is 6.26 Å². The summed E-state index contributed by atoms with van der Waals surface area (Å²) in [6.07, 6.45) is 8.67. The third-order valence-corrected chi connectivity index (χ3v) is 4.83. The highest BCUT2D eigenvalue weighted by atomic mass is 16.3. The molecule has 0 spiro atoms. The standard InChI is InChI=1S/C17H21N7O2/c1-12-3-6-26-16(12)17(25)20-14-9-23(8-13-7-18-11-22(13)2)10-15(14)24-5-4-19-21-24/h3-7,11,14-15H,8-10H2,1-2H3,(H,20,25)/t14-,15+/m1/s1. The Morgan fingerprint density at radius 2 is 2.31 bits per heavy atom.